The van der Waals surface area contributed by atoms with E-state index in [9.17, 15) is 24.0 Å². The molecule has 4 atom stereocenters. The van der Waals surface area contributed by atoms with Gasteiger partial charge >= 0.3 is 5.97 Å². The van der Waals surface area contributed by atoms with E-state index in [1.807, 2.05) is 6.26 Å². The van der Waals surface area contributed by atoms with E-state index in [0.29, 0.717) is 25.1 Å². The average molecular weight is 477 g/mol. The number of carboxylic acids is 1. The fourth-order valence-electron chi connectivity index (χ4n) is 2.62. The van der Waals surface area contributed by atoms with E-state index in [2.05, 4.69) is 16.0 Å². The van der Waals surface area contributed by atoms with Crippen molar-refractivity contribution >= 4 is 41.4 Å². The van der Waals surface area contributed by atoms with Gasteiger partial charge in [0.25, 0.3) is 0 Å². The Balaban J connectivity index is 5.28. The van der Waals surface area contributed by atoms with Crippen LogP contribution in [0.4, 0.5) is 0 Å². The largest absolute Gasteiger partial charge is 0.480 e. The Bertz CT molecular complexity index is 650. The van der Waals surface area contributed by atoms with Crippen molar-refractivity contribution in [3.8, 4) is 0 Å². The summed E-state index contributed by atoms with van der Waals surface area (Å²) in [6.45, 7) is 1.73. The van der Waals surface area contributed by atoms with E-state index >= 15 is 0 Å². The average Bonchev–Trinajstić information content (AvgIpc) is 2.73. The van der Waals surface area contributed by atoms with Crippen LogP contribution in [0.5, 0.6) is 0 Å². The number of unbranched alkanes of at least 4 members (excludes halogenated alkanes) is 1. The molecule has 0 aliphatic heterocycles. The first-order valence-corrected chi connectivity index (χ1v) is 11.8. The Hall–Kier alpha value is -2.38. The Morgan fingerprint density at radius 2 is 1.47 bits per heavy atom. The summed E-state index contributed by atoms with van der Waals surface area (Å²) in [4.78, 5) is 59.7. The summed E-state index contributed by atoms with van der Waals surface area (Å²) in [6.07, 6.45) is 3.50. The topological polar surface area (TPSA) is 220 Å². The standard InChI is InChI=1S/C19H36N6O6S/c1-11(19(30)31)23-17(28)14(8-10-32-2)25-18(29)13(5-3-4-9-20)24-16(27)12(21)6-7-15(22)26/h11-14H,3-10,20-21H2,1-2H3,(H2,22,26)(H,23,28)(H,24,27)(H,25,29)(H,30,31). The number of carbonyl (C=O) groups is 5. The molecule has 0 aromatic carbocycles. The SMILES string of the molecule is CSCCC(NC(=O)C(CCCCN)NC(=O)C(N)CCC(N)=O)C(=O)NC(C)C(=O)O. The highest BCUT2D eigenvalue weighted by molar-refractivity contribution is 7.98. The number of thioether (sulfide) groups is 1. The molecule has 32 heavy (non-hydrogen) atoms. The third kappa shape index (κ3) is 12.5. The Morgan fingerprint density at radius 1 is 0.906 bits per heavy atom. The first-order chi connectivity index (χ1) is 15.0. The molecule has 0 aliphatic rings. The van der Waals surface area contributed by atoms with Crippen LogP contribution in [0.2, 0.25) is 0 Å². The Kier molecular flexibility index (Phi) is 15.1. The van der Waals surface area contributed by atoms with Crippen molar-refractivity contribution in [1.82, 2.24) is 16.0 Å². The molecule has 0 saturated carbocycles. The van der Waals surface area contributed by atoms with Gasteiger partial charge in [0, 0.05) is 6.42 Å². The number of nitrogens with two attached hydrogens (primary N) is 3. The highest BCUT2D eigenvalue weighted by Crippen LogP contribution is 2.06. The predicted octanol–water partition coefficient (Wildman–Crippen LogP) is -1.98. The monoisotopic (exact) mass is 476 g/mol. The Labute approximate surface area is 192 Å². The van der Waals surface area contributed by atoms with E-state index in [0.717, 1.165) is 0 Å². The van der Waals surface area contributed by atoms with Gasteiger partial charge in [-0.1, -0.05) is 0 Å². The molecule has 0 radical (unpaired) electrons. The highest BCUT2D eigenvalue weighted by Gasteiger charge is 2.29. The van der Waals surface area contributed by atoms with Gasteiger partial charge in [0.05, 0.1) is 6.04 Å². The molecule has 184 valence electrons. The minimum absolute atomic E-state index is 0.0319. The maximum Gasteiger partial charge on any atom is 0.325 e. The van der Waals surface area contributed by atoms with Crippen LogP contribution in [-0.2, 0) is 24.0 Å². The van der Waals surface area contributed by atoms with Gasteiger partial charge in [0.15, 0.2) is 0 Å². The lowest BCUT2D eigenvalue weighted by atomic mass is 10.1. The van der Waals surface area contributed by atoms with E-state index < -0.39 is 53.8 Å². The van der Waals surface area contributed by atoms with Crippen LogP contribution >= 0.6 is 11.8 Å². The van der Waals surface area contributed by atoms with Crippen molar-refractivity contribution in [1.29, 1.82) is 0 Å². The molecule has 0 saturated heterocycles. The molecule has 0 fully saturated rings. The lowest BCUT2D eigenvalue weighted by Gasteiger charge is -2.24. The van der Waals surface area contributed by atoms with Crippen molar-refractivity contribution in [2.24, 2.45) is 17.2 Å². The molecule has 0 aromatic heterocycles. The number of rotatable bonds is 17. The third-order valence-corrected chi connectivity index (χ3v) is 5.24. The van der Waals surface area contributed by atoms with Gasteiger partial charge in [0.1, 0.15) is 18.1 Å². The molecule has 0 spiro atoms. The van der Waals surface area contributed by atoms with Crippen LogP contribution in [0.25, 0.3) is 0 Å². The molecule has 0 aliphatic carbocycles. The predicted molar refractivity (Wildman–Crippen MR) is 121 cm³/mol. The second-order valence-electron chi connectivity index (χ2n) is 7.37. The van der Waals surface area contributed by atoms with Crippen molar-refractivity contribution in [2.75, 3.05) is 18.6 Å². The summed E-state index contributed by atoms with van der Waals surface area (Å²) >= 11 is 1.46. The van der Waals surface area contributed by atoms with Crippen LogP contribution in [-0.4, -0.2) is 77.4 Å². The van der Waals surface area contributed by atoms with Gasteiger partial charge in [-0.15, -0.1) is 0 Å². The minimum atomic E-state index is -1.20. The molecule has 4 amide bonds. The van der Waals surface area contributed by atoms with Gasteiger partial charge in [-0.25, -0.2) is 0 Å². The smallest absolute Gasteiger partial charge is 0.325 e. The molecule has 12 nitrogen and oxygen atoms in total. The molecule has 13 heteroatoms. The number of carboxylic acid groups (broad SMARTS) is 1. The molecule has 0 aromatic rings. The lowest BCUT2D eigenvalue weighted by Crippen LogP contribution is -2.57. The third-order valence-electron chi connectivity index (χ3n) is 4.59. The minimum Gasteiger partial charge on any atom is -0.480 e. The van der Waals surface area contributed by atoms with Gasteiger partial charge in [-0.05, 0) is 57.6 Å². The van der Waals surface area contributed by atoms with Gasteiger partial charge in [0.2, 0.25) is 23.6 Å². The molecular formula is C19H36N6O6S. The van der Waals surface area contributed by atoms with E-state index in [-0.39, 0.29) is 25.7 Å². The number of carbonyl (C=O) groups excluding carboxylic acids is 4. The van der Waals surface area contributed by atoms with Crippen molar-refractivity contribution in [3.63, 3.8) is 0 Å². The second-order valence-corrected chi connectivity index (χ2v) is 8.35. The van der Waals surface area contributed by atoms with Crippen LogP contribution in [0.15, 0.2) is 0 Å². The molecule has 10 N–H and O–H groups in total. The van der Waals surface area contributed by atoms with E-state index in [1.165, 1.54) is 18.7 Å². The van der Waals surface area contributed by atoms with E-state index in [1.54, 1.807) is 0 Å². The summed E-state index contributed by atoms with van der Waals surface area (Å²) in [5.41, 5.74) is 16.3. The molecule has 0 heterocycles. The van der Waals surface area contributed by atoms with Crippen molar-refractivity contribution < 1.29 is 29.1 Å². The number of aliphatic carboxylic acids is 1. The summed E-state index contributed by atoms with van der Waals surface area (Å²) in [7, 11) is 0. The zero-order chi connectivity index (χ0) is 24.7. The fourth-order valence-corrected chi connectivity index (χ4v) is 3.09. The maximum atomic E-state index is 12.9. The quantitative estimate of drug-likeness (QED) is 0.115. The summed E-state index contributed by atoms with van der Waals surface area (Å²) in [5, 5.41) is 16.5. The lowest BCUT2D eigenvalue weighted by molar-refractivity contribution is -0.141. The normalized spacial score (nSPS) is 14.5. The van der Waals surface area contributed by atoms with Gasteiger partial charge in [-0.3, -0.25) is 24.0 Å². The maximum absolute atomic E-state index is 12.9. The Morgan fingerprint density at radius 3 is 2.00 bits per heavy atom. The summed E-state index contributed by atoms with van der Waals surface area (Å²) in [6, 6.07) is -4.11. The summed E-state index contributed by atoms with van der Waals surface area (Å²) < 4.78 is 0. The summed E-state index contributed by atoms with van der Waals surface area (Å²) in [5.74, 6) is -3.10. The fraction of sp³-hybridized carbons (Fsp3) is 0.737. The number of nitrogens with one attached hydrogen (secondary N) is 3. The highest BCUT2D eigenvalue weighted by atomic mass is 32.2. The molecule has 0 rings (SSSR count). The van der Waals surface area contributed by atoms with Crippen molar-refractivity contribution in [3.05, 3.63) is 0 Å². The van der Waals surface area contributed by atoms with Crippen molar-refractivity contribution in [2.45, 2.75) is 69.6 Å². The second kappa shape index (κ2) is 16.3. The molecule has 0 bridgehead atoms. The zero-order valence-corrected chi connectivity index (χ0v) is 19.4. The number of hydrogen-bond acceptors (Lipinski definition) is 8. The molecular weight excluding hydrogens is 440 g/mol. The number of amides is 4. The van der Waals surface area contributed by atoms with Gasteiger partial charge < -0.3 is 38.3 Å². The molecule has 4 unspecified atom stereocenters. The van der Waals surface area contributed by atoms with E-state index in [4.69, 9.17) is 22.3 Å². The zero-order valence-electron chi connectivity index (χ0n) is 18.6. The van der Waals surface area contributed by atoms with Crippen LogP contribution in [0, 0.1) is 0 Å². The first kappa shape index (κ1) is 29.6. The number of hydrogen-bond donors (Lipinski definition) is 7. The van der Waals surface area contributed by atoms with Crippen LogP contribution < -0.4 is 33.2 Å². The van der Waals surface area contributed by atoms with Gasteiger partial charge in [-0.2, -0.15) is 11.8 Å². The van der Waals surface area contributed by atoms with Crippen LogP contribution in [0.1, 0.15) is 45.4 Å². The van der Waals surface area contributed by atoms with Crippen LogP contribution in [0.3, 0.4) is 0 Å². The number of primary amides is 1. The first-order valence-electron chi connectivity index (χ1n) is 10.4.